The van der Waals surface area contributed by atoms with E-state index in [0.717, 1.165) is 16.8 Å². The van der Waals surface area contributed by atoms with Crippen molar-refractivity contribution >= 4 is 11.8 Å². The van der Waals surface area contributed by atoms with Gasteiger partial charge in [0.25, 0.3) is 5.91 Å². The van der Waals surface area contributed by atoms with E-state index in [4.69, 9.17) is 4.52 Å². The molecule has 104 valence electrons. The number of amides is 1. The van der Waals surface area contributed by atoms with Crippen molar-refractivity contribution < 1.29 is 9.32 Å². The zero-order valence-corrected chi connectivity index (χ0v) is 11.5. The number of nitrogens with one attached hydrogen (secondary N) is 1. The molecule has 1 aromatic heterocycles. The average molecular weight is 278 g/mol. The number of anilines is 1. The number of benzene rings is 2. The molecule has 3 aromatic rings. The molecular weight excluding hydrogens is 264 g/mol. The van der Waals surface area contributed by atoms with Gasteiger partial charge in [-0.15, -0.1) is 0 Å². The Balaban J connectivity index is 1.93. The maximum Gasteiger partial charge on any atom is 0.258 e. The third-order valence-electron chi connectivity index (χ3n) is 3.19. The van der Waals surface area contributed by atoms with Gasteiger partial charge in [0.15, 0.2) is 0 Å². The lowest BCUT2D eigenvalue weighted by Gasteiger charge is -2.05. The maximum absolute atomic E-state index is 12.2. The highest BCUT2D eigenvalue weighted by atomic mass is 16.5. The van der Waals surface area contributed by atoms with Crippen molar-refractivity contribution in [2.45, 2.75) is 6.92 Å². The van der Waals surface area contributed by atoms with Crippen LogP contribution in [0.15, 0.2) is 65.2 Å². The van der Waals surface area contributed by atoms with E-state index in [0.29, 0.717) is 11.4 Å². The zero-order valence-electron chi connectivity index (χ0n) is 11.5. The molecule has 0 saturated heterocycles. The number of hydrogen-bond donors (Lipinski definition) is 1. The van der Waals surface area contributed by atoms with E-state index in [1.54, 1.807) is 12.1 Å². The van der Waals surface area contributed by atoms with E-state index in [-0.39, 0.29) is 5.91 Å². The molecule has 2 aromatic carbocycles. The summed E-state index contributed by atoms with van der Waals surface area (Å²) in [5.41, 5.74) is 3.08. The number of rotatable bonds is 3. The van der Waals surface area contributed by atoms with Crippen LogP contribution < -0.4 is 5.32 Å². The molecule has 0 fully saturated rings. The number of nitrogens with zero attached hydrogens (tertiary/aromatic N) is 1. The second-order valence-corrected chi connectivity index (χ2v) is 4.66. The fourth-order valence-electron chi connectivity index (χ4n) is 2.16. The number of hydrogen-bond acceptors (Lipinski definition) is 3. The molecule has 4 heteroatoms. The van der Waals surface area contributed by atoms with Crippen molar-refractivity contribution in [1.29, 1.82) is 0 Å². The molecule has 21 heavy (non-hydrogen) atoms. The summed E-state index contributed by atoms with van der Waals surface area (Å²) >= 11 is 0. The molecule has 0 unspecified atom stereocenters. The first-order chi connectivity index (χ1) is 10.3. The van der Waals surface area contributed by atoms with E-state index in [1.807, 2.05) is 55.5 Å². The van der Waals surface area contributed by atoms with Gasteiger partial charge in [0.2, 0.25) is 5.88 Å². The van der Waals surface area contributed by atoms with Gasteiger partial charge in [0, 0.05) is 5.56 Å². The average Bonchev–Trinajstić information content (AvgIpc) is 2.89. The molecule has 1 amide bonds. The van der Waals surface area contributed by atoms with Gasteiger partial charge in [0.1, 0.15) is 0 Å². The standard InChI is InChI=1S/C17H14N2O2/c1-12-15(13-8-4-2-5-9-13)17(21-19-12)18-16(20)14-10-6-3-7-11-14/h2-11H,1H3,(H,18,20). The van der Waals surface area contributed by atoms with Crippen LogP contribution in [0.2, 0.25) is 0 Å². The predicted octanol–water partition coefficient (Wildman–Crippen LogP) is 3.90. The second kappa shape index (κ2) is 5.63. The summed E-state index contributed by atoms with van der Waals surface area (Å²) in [5.74, 6) is 0.150. The summed E-state index contributed by atoms with van der Waals surface area (Å²) in [7, 11) is 0. The summed E-state index contributed by atoms with van der Waals surface area (Å²) in [6, 6.07) is 18.7. The molecule has 0 radical (unpaired) electrons. The van der Waals surface area contributed by atoms with Gasteiger partial charge in [-0.2, -0.15) is 0 Å². The van der Waals surface area contributed by atoms with E-state index in [1.165, 1.54) is 0 Å². The molecule has 3 rings (SSSR count). The van der Waals surface area contributed by atoms with E-state index >= 15 is 0 Å². The summed E-state index contributed by atoms with van der Waals surface area (Å²) in [4.78, 5) is 12.2. The monoisotopic (exact) mass is 278 g/mol. The fourth-order valence-corrected chi connectivity index (χ4v) is 2.16. The Bertz CT molecular complexity index is 749. The van der Waals surface area contributed by atoms with Crippen molar-refractivity contribution in [3.05, 3.63) is 71.9 Å². The summed E-state index contributed by atoms with van der Waals surface area (Å²) in [5, 5.41) is 6.73. The largest absolute Gasteiger partial charge is 0.337 e. The summed E-state index contributed by atoms with van der Waals surface area (Å²) < 4.78 is 5.26. The van der Waals surface area contributed by atoms with Crippen molar-refractivity contribution in [2.75, 3.05) is 5.32 Å². The summed E-state index contributed by atoms with van der Waals surface area (Å²) in [6.07, 6.45) is 0. The van der Waals surface area contributed by atoms with Crippen LogP contribution in [0.5, 0.6) is 0 Å². The molecule has 1 heterocycles. The van der Waals surface area contributed by atoms with Crippen molar-refractivity contribution in [1.82, 2.24) is 5.16 Å². The molecule has 0 bridgehead atoms. The van der Waals surface area contributed by atoms with E-state index in [9.17, 15) is 4.79 Å². The SMILES string of the molecule is Cc1noc(NC(=O)c2ccccc2)c1-c1ccccc1. The van der Waals surface area contributed by atoms with Crippen LogP contribution in [0.4, 0.5) is 5.88 Å². The Morgan fingerprint density at radius 2 is 1.62 bits per heavy atom. The lowest BCUT2D eigenvalue weighted by molar-refractivity contribution is 0.102. The van der Waals surface area contributed by atoms with Crippen molar-refractivity contribution in [3.63, 3.8) is 0 Å². The Kier molecular flexibility index (Phi) is 3.51. The van der Waals surface area contributed by atoms with Crippen LogP contribution >= 0.6 is 0 Å². The Hall–Kier alpha value is -2.88. The van der Waals surface area contributed by atoms with E-state index < -0.39 is 0 Å². The first kappa shape index (κ1) is 13.1. The number of carbonyl (C=O) groups is 1. The molecule has 0 spiro atoms. The van der Waals surface area contributed by atoms with Crippen molar-refractivity contribution in [3.8, 4) is 11.1 Å². The van der Waals surface area contributed by atoms with Crippen LogP contribution in [-0.4, -0.2) is 11.1 Å². The van der Waals surface area contributed by atoms with Gasteiger partial charge in [0.05, 0.1) is 11.3 Å². The molecule has 4 nitrogen and oxygen atoms in total. The Labute approximate surface area is 122 Å². The quantitative estimate of drug-likeness (QED) is 0.790. The first-order valence-corrected chi connectivity index (χ1v) is 6.64. The molecule has 0 aliphatic heterocycles. The van der Waals surface area contributed by atoms with Gasteiger partial charge >= 0.3 is 0 Å². The topological polar surface area (TPSA) is 55.1 Å². The minimum atomic E-state index is -0.219. The minimum absolute atomic E-state index is 0.219. The van der Waals surface area contributed by atoms with Crippen LogP contribution in [0.25, 0.3) is 11.1 Å². The summed E-state index contributed by atoms with van der Waals surface area (Å²) in [6.45, 7) is 1.85. The molecule has 0 saturated carbocycles. The molecular formula is C17H14N2O2. The third-order valence-corrected chi connectivity index (χ3v) is 3.19. The normalized spacial score (nSPS) is 10.3. The highest BCUT2D eigenvalue weighted by Crippen LogP contribution is 2.31. The smallest absolute Gasteiger partial charge is 0.258 e. The van der Waals surface area contributed by atoms with Gasteiger partial charge in [-0.3, -0.25) is 10.1 Å². The highest BCUT2D eigenvalue weighted by Gasteiger charge is 2.17. The van der Waals surface area contributed by atoms with Crippen LogP contribution in [0, 0.1) is 6.92 Å². The maximum atomic E-state index is 12.2. The molecule has 0 aliphatic carbocycles. The lowest BCUT2D eigenvalue weighted by Crippen LogP contribution is -2.11. The molecule has 1 N–H and O–H groups in total. The number of aromatic nitrogens is 1. The lowest BCUT2D eigenvalue weighted by atomic mass is 10.1. The first-order valence-electron chi connectivity index (χ1n) is 6.64. The van der Waals surface area contributed by atoms with Crippen LogP contribution in [0.3, 0.4) is 0 Å². The number of carbonyl (C=O) groups excluding carboxylic acids is 1. The van der Waals surface area contributed by atoms with E-state index in [2.05, 4.69) is 10.5 Å². The minimum Gasteiger partial charge on any atom is -0.337 e. The fraction of sp³-hybridized carbons (Fsp3) is 0.0588. The van der Waals surface area contributed by atoms with Crippen LogP contribution in [-0.2, 0) is 0 Å². The van der Waals surface area contributed by atoms with Crippen molar-refractivity contribution in [2.24, 2.45) is 0 Å². The third kappa shape index (κ3) is 2.69. The predicted molar refractivity (Wildman–Crippen MR) is 81.1 cm³/mol. The molecule has 0 aliphatic rings. The zero-order chi connectivity index (χ0) is 14.7. The molecule has 0 atom stereocenters. The van der Waals surface area contributed by atoms with Gasteiger partial charge in [-0.1, -0.05) is 53.7 Å². The van der Waals surface area contributed by atoms with Gasteiger partial charge in [-0.25, -0.2) is 0 Å². The Morgan fingerprint density at radius 3 is 2.29 bits per heavy atom. The number of aryl methyl sites for hydroxylation is 1. The second-order valence-electron chi connectivity index (χ2n) is 4.66. The highest BCUT2D eigenvalue weighted by molar-refractivity contribution is 6.05. The van der Waals surface area contributed by atoms with Gasteiger partial charge in [-0.05, 0) is 24.6 Å². The van der Waals surface area contributed by atoms with Gasteiger partial charge < -0.3 is 4.52 Å². The Morgan fingerprint density at radius 1 is 1.00 bits per heavy atom. The van der Waals surface area contributed by atoms with Crippen LogP contribution in [0.1, 0.15) is 16.1 Å².